The molecule has 0 aliphatic heterocycles. The van der Waals surface area contributed by atoms with Crippen molar-refractivity contribution in [3.63, 3.8) is 0 Å². The lowest BCUT2D eigenvalue weighted by atomic mass is 9.61. The van der Waals surface area contributed by atoms with Crippen molar-refractivity contribution in [3.05, 3.63) is 0 Å². The molecule has 0 spiro atoms. The van der Waals surface area contributed by atoms with E-state index in [4.69, 9.17) is 4.74 Å². The largest absolute Gasteiger partial charge is 0.393 e. The number of hydrogen-bond acceptors (Lipinski definition) is 3. The Morgan fingerprint density at radius 1 is 1.10 bits per heavy atom. The van der Waals surface area contributed by atoms with Crippen LogP contribution in [0.3, 0.4) is 0 Å². The standard InChI is InChI=1S/C27H55NO2/c1-11-23(20(5)6)26(10,21(7)8)16-25(29)24-15-27(24,12-2)14-13-22(9)28-18-30-17-19(3)4/h19-25,28-29H,11-18H2,1-10H3/t22-,23-,24?,25+,26-,27+/m0/s1. The minimum absolute atomic E-state index is 0.164. The number of ether oxygens (including phenoxy) is 1. The van der Waals surface area contributed by atoms with Gasteiger partial charge in [-0.05, 0) is 73.0 Å². The van der Waals surface area contributed by atoms with E-state index in [0.717, 1.165) is 19.4 Å². The first kappa shape index (κ1) is 27.9. The molecule has 0 aromatic heterocycles. The monoisotopic (exact) mass is 425 g/mol. The number of aliphatic hydroxyl groups excluding tert-OH is 1. The molecular formula is C27H55NO2. The number of hydrogen-bond donors (Lipinski definition) is 2. The van der Waals surface area contributed by atoms with Crippen molar-refractivity contribution in [1.82, 2.24) is 5.32 Å². The zero-order valence-corrected chi connectivity index (χ0v) is 22.1. The van der Waals surface area contributed by atoms with Gasteiger partial charge in [0.1, 0.15) is 0 Å². The van der Waals surface area contributed by atoms with Crippen LogP contribution in [-0.4, -0.2) is 30.6 Å². The normalized spacial score (nSPS) is 26.8. The second kappa shape index (κ2) is 12.2. The van der Waals surface area contributed by atoms with Gasteiger partial charge < -0.3 is 9.84 Å². The summed E-state index contributed by atoms with van der Waals surface area (Å²) in [4.78, 5) is 0. The van der Waals surface area contributed by atoms with E-state index < -0.39 is 0 Å². The summed E-state index contributed by atoms with van der Waals surface area (Å²) in [5.41, 5.74) is 0.554. The van der Waals surface area contributed by atoms with E-state index in [-0.39, 0.29) is 11.5 Å². The van der Waals surface area contributed by atoms with Gasteiger partial charge in [0, 0.05) is 6.04 Å². The van der Waals surface area contributed by atoms with Crippen LogP contribution in [0.1, 0.15) is 108 Å². The van der Waals surface area contributed by atoms with Gasteiger partial charge >= 0.3 is 0 Å². The molecule has 0 amide bonds. The van der Waals surface area contributed by atoms with E-state index in [1.54, 1.807) is 0 Å². The van der Waals surface area contributed by atoms with Crippen LogP contribution in [0.5, 0.6) is 0 Å². The lowest BCUT2D eigenvalue weighted by Crippen LogP contribution is -2.39. The highest BCUT2D eigenvalue weighted by Gasteiger charge is 2.56. The molecule has 0 aromatic rings. The molecule has 1 aliphatic carbocycles. The minimum atomic E-state index is -0.164. The number of nitrogens with one attached hydrogen (secondary N) is 1. The lowest BCUT2D eigenvalue weighted by molar-refractivity contribution is -0.00373. The van der Waals surface area contributed by atoms with Crippen LogP contribution in [0.15, 0.2) is 0 Å². The highest BCUT2D eigenvalue weighted by atomic mass is 16.5. The third kappa shape index (κ3) is 7.48. The zero-order chi connectivity index (χ0) is 23.1. The molecule has 2 N–H and O–H groups in total. The maximum absolute atomic E-state index is 11.3. The number of aliphatic hydroxyl groups is 1. The molecular weight excluding hydrogens is 370 g/mol. The molecule has 3 heteroatoms. The van der Waals surface area contributed by atoms with Crippen molar-refractivity contribution in [2.45, 2.75) is 120 Å². The van der Waals surface area contributed by atoms with Crippen LogP contribution < -0.4 is 5.32 Å². The van der Waals surface area contributed by atoms with Gasteiger partial charge in [0.15, 0.2) is 0 Å². The van der Waals surface area contributed by atoms with Gasteiger partial charge in [-0.25, -0.2) is 0 Å². The molecule has 180 valence electrons. The summed E-state index contributed by atoms with van der Waals surface area (Å²) in [5.74, 6) is 2.98. The van der Waals surface area contributed by atoms with Gasteiger partial charge in [0.25, 0.3) is 0 Å². The molecule has 6 atom stereocenters. The van der Waals surface area contributed by atoms with E-state index in [1.165, 1.54) is 25.7 Å². The van der Waals surface area contributed by atoms with Crippen molar-refractivity contribution >= 4 is 0 Å². The molecule has 1 unspecified atom stereocenters. The molecule has 30 heavy (non-hydrogen) atoms. The van der Waals surface area contributed by atoms with Crippen LogP contribution in [0.2, 0.25) is 0 Å². The van der Waals surface area contributed by atoms with Crippen molar-refractivity contribution in [2.24, 2.45) is 40.4 Å². The summed E-state index contributed by atoms with van der Waals surface area (Å²) >= 11 is 0. The average molecular weight is 426 g/mol. The van der Waals surface area contributed by atoms with Crippen LogP contribution in [0.25, 0.3) is 0 Å². The molecule has 1 rings (SSSR count). The van der Waals surface area contributed by atoms with Crippen LogP contribution >= 0.6 is 0 Å². The minimum Gasteiger partial charge on any atom is -0.393 e. The molecule has 0 radical (unpaired) electrons. The predicted molar refractivity (Wildman–Crippen MR) is 131 cm³/mol. The maximum atomic E-state index is 11.3. The molecule has 0 bridgehead atoms. The topological polar surface area (TPSA) is 41.5 Å². The highest BCUT2D eigenvalue weighted by molar-refractivity contribution is 5.06. The first-order valence-corrected chi connectivity index (χ1v) is 12.9. The van der Waals surface area contributed by atoms with Gasteiger partial charge in [-0.15, -0.1) is 0 Å². The Morgan fingerprint density at radius 2 is 1.73 bits per heavy atom. The third-order valence-electron chi connectivity index (χ3n) is 8.54. The smallest absolute Gasteiger partial charge is 0.0967 e. The Bertz CT molecular complexity index is 477. The van der Waals surface area contributed by atoms with Gasteiger partial charge in [-0.3, -0.25) is 5.32 Å². The van der Waals surface area contributed by atoms with Crippen LogP contribution in [0.4, 0.5) is 0 Å². The summed E-state index contributed by atoms with van der Waals surface area (Å²) in [6, 6.07) is 0.463. The van der Waals surface area contributed by atoms with Gasteiger partial charge in [0.2, 0.25) is 0 Å². The summed E-state index contributed by atoms with van der Waals surface area (Å²) < 4.78 is 5.68. The van der Waals surface area contributed by atoms with Gasteiger partial charge in [-0.1, -0.05) is 75.2 Å². The van der Waals surface area contributed by atoms with Gasteiger partial charge in [0.05, 0.1) is 19.4 Å². The van der Waals surface area contributed by atoms with E-state index >= 15 is 0 Å². The van der Waals surface area contributed by atoms with Crippen molar-refractivity contribution in [2.75, 3.05) is 13.3 Å². The zero-order valence-electron chi connectivity index (χ0n) is 22.1. The van der Waals surface area contributed by atoms with Crippen LogP contribution in [-0.2, 0) is 4.74 Å². The van der Waals surface area contributed by atoms with E-state index in [9.17, 15) is 5.11 Å². The Kier molecular flexibility index (Phi) is 11.4. The molecule has 1 saturated carbocycles. The fourth-order valence-corrected chi connectivity index (χ4v) is 6.00. The second-order valence-electron chi connectivity index (χ2n) is 11.8. The fourth-order valence-electron chi connectivity index (χ4n) is 6.00. The van der Waals surface area contributed by atoms with Gasteiger partial charge in [-0.2, -0.15) is 0 Å². The first-order valence-electron chi connectivity index (χ1n) is 12.9. The Balaban J connectivity index is 2.62. The SMILES string of the molecule is CC[C@@H](C(C)C)[C@@](C)(C[C@@H](O)C1C[C@@]1(CC)CC[C@H](C)NCOCC(C)C)C(C)C. The molecule has 1 aliphatic rings. The molecule has 0 heterocycles. The lowest BCUT2D eigenvalue weighted by Gasteiger charge is -2.45. The van der Waals surface area contributed by atoms with Crippen LogP contribution in [0, 0.1) is 40.4 Å². The Morgan fingerprint density at radius 3 is 2.20 bits per heavy atom. The first-order chi connectivity index (χ1) is 13.9. The average Bonchev–Trinajstić information content (AvgIpc) is 3.39. The van der Waals surface area contributed by atoms with E-state index in [0.29, 0.717) is 47.8 Å². The summed E-state index contributed by atoms with van der Waals surface area (Å²) in [6.45, 7) is 24.6. The Labute approximate surface area is 189 Å². The molecule has 3 nitrogen and oxygen atoms in total. The maximum Gasteiger partial charge on any atom is 0.0967 e. The molecule has 1 fully saturated rings. The third-order valence-corrected chi connectivity index (χ3v) is 8.54. The second-order valence-corrected chi connectivity index (χ2v) is 11.8. The van der Waals surface area contributed by atoms with E-state index in [1.807, 2.05) is 0 Å². The summed E-state index contributed by atoms with van der Waals surface area (Å²) in [7, 11) is 0. The molecule has 0 aromatic carbocycles. The van der Waals surface area contributed by atoms with Crippen molar-refractivity contribution in [1.29, 1.82) is 0 Å². The summed E-state index contributed by atoms with van der Waals surface area (Å²) in [5, 5.41) is 14.8. The quantitative estimate of drug-likeness (QED) is 0.209. The van der Waals surface area contributed by atoms with E-state index in [2.05, 4.69) is 74.6 Å². The molecule has 0 saturated heterocycles. The highest BCUT2D eigenvalue weighted by Crippen LogP contribution is 2.62. The Hall–Kier alpha value is -0.120. The summed E-state index contributed by atoms with van der Waals surface area (Å²) in [6.07, 6.45) is 6.74. The fraction of sp³-hybridized carbons (Fsp3) is 1.00. The predicted octanol–water partition coefficient (Wildman–Crippen LogP) is 6.89. The van der Waals surface area contributed by atoms with Crippen molar-refractivity contribution < 1.29 is 9.84 Å². The van der Waals surface area contributed by atoms with Crippen molar-refractivity contribution in [3.8, 4) is 0 Å². The number of rotatable bonds is 16.